The lowest BCUT2D eigenvalue weighted by Crippen LogP contribution is -2.15. The minimum Gasteiger partial charge on any atom is -0.497 e. The van der Waals surface area contributed by atoms with E-state index >= 15 is 0 Å². The van der Waals surface area contributed by atoms with Crippen molar-refractivity contribution < 1.29 is 4.74 Å². The molecule has 0 aromatic heterocycles. The molecule has 1 atom stereocenters. The molecule has 1 aromatic rings. The summed E-state index contributed by atoms with van der Waals surface area (Å²) in [6, 6.07) is 7.80. The second-order valence-corrected chi connectivity index (χ2v) is 2.96. The molecule has 1 aromatic carbocycles. The van der Waals surface area contributed by atoms with Gasteiger partial charge in [0.1, 0.15) is 5.75 Å². The minimum absolute atomic E-state index is 0. The first kappa shape index (κ1) is 13.2. The summed E-state index contributed by atoms with van der Waals surface area (Å²) in [6.07, 6.45) is 0.812. The molecule has 1 rings (SSSR count). The summed E-state index contributed by atoms with van der Waals surface area (Å²) in [4.78, 5) is 0. The molecule has 0 heterocycles. The Balaban J connectivity index is 0.00000169. The van der Waals surface area contributed by atoms with Gasteiger partial charge in [0.25, 0.3) is 0 Å². The maximum atomic E-state index is 5.88. The van der Waals surface area contributed by atoms with Gasteiger partial charge in [0.15, 0.2) is 0 Å². The van der Waals surface area contributed by atoms with Gasteiger partial charge in [-0.2, -0.15) is 0 Å². The van der Waals surface area contributed by atoms with Gasteiger partial charge in [-0.1, -0.05) is 12.1 Å². The second kappa shape index (κ2) is 6.65. The highest BCUT2D eigenvalue weighted by Gasteiger charge is 2.03. The molecule has 0 aliphatic carbocycles. The standard InChI is InChI=1S/C10H16N2O.ClH/c1-13-9-4-2-8(3-5-9)10(12)6-7-11;/h2-5,10H,6-7,11-12H2,1H3;1H/t10-;/m0./s1. The summed E-state index contributed by atoms with van der Waals surface area (Å²) in [5.74, 6) is 0.851. The van der Waals surface area contributed by atoms with Crippen LogP contribution in [0.2, 0.25) is 0 Å². The molecule has 80 valence electrons. The third-order valence-corrected chi connectivity index (χ3v) is 2.02. The van der Waals surface area contributed by atoms with Crippen molar-refractivity contribution in [3.05, 3.63) is 29.8 Å². The van der Waals surface area contributed by atoms with Crippen molar-refractivity contribution in [3.63, 3.8) is 0 Å². The zero-order chi connectivity index (χ0) is 9.68. The maximum Gasteiger partial charge on any atom is 0.118 e. The van der Waals surface area contributed by atoms with E-state index < -0.39 is 0 Å². The number of ether oxygens (including phenoxy) is 1. The molecular weight excluding hydrogens is 200 g/mol. The van der Waals surface area contributed by atoms with Gasteiger partial charge < -0.3 is 16.2 Å². The van der Waals surface area contributed by atoms with Crippen molar-refractivity contribution in [2.45, 2.75) is 12.5 Å². The first-order chi connectivity index (χ1) is 6.27. The van der Waals surface area contributed by atoms with Crippen molar-refractivity contribution in [2.24, 2.45) is 11.5 Å². The van der Waals surface area contributed by atoms with Gasteiger partial charge >= 0.3 is 0 Å². The summed E-state index contributed by atoms with van der Waals surface area (Å²) in [7, 11) is 1.65. The average Bonchev–Trinajstić information content (AvgIpc) is 2.18. The van der Waals surface area contributed by atoms with Crippen LogP contribution in [0.1, 0.15) is 18.0 Å². The summed E-state index contributed by atoms with van der Waals surface area (Å²) in [6.45, 7) is 0.618. The molecule has 14 heavy (non-hydrogen) atoms. The molecule has 0 unspecified atom stereocenters. The normalized spacial score (nSPS) is 11.6. The number of hydrogen-bond donors (Lipinski definition) is 2. The molecule has 0 aliphatic heterocycles. The van der Waals surface area contributed by atoms with Gasteiger partial charge in [-0.15, -0.1) is 12.4 Å². The molecular formula is C10H17ClN2O. The molecule has 0 saturated heterocycles. The fourth-order valence-corrected chi connectivity index (χ4v) is 1.20. The van der Waals surface area contributed by atoms with Crippen LogP contribution in [-0.2, 0) is 0 Å². The average molecular weight is 217 g/mol. The molecule has 0 radical (unpaired) electrons. The highest BCUT2D eigenvalue weighted by atomic mass is 35.5. The topological polar surface area (TPSA) is 61.3 Å². The molecule has 4 heteroatoms. The number of methoxy groups -OCH3 is 1. The minimum atomic E-state index is 0. The Morgan fingerprint density at radius 3 is 2.29 bits per heavy atom. The van der Waals surface area contributed by atoms with Gasteiger partial charge in [0, 0.05) is 6.04 Å². The van der Waals surface area contributed by atoms with E-state index in [4.69, 9.17) is 16.2 Å². The van der Waals surface area contributed by atoms with E-state index in [-0.39, 0.29) is 18.4 Å². The number of nitrogens with two attached hydrogens (primary N) is 2. The zero-order valence-electron chi connectivity index (χ0n) is 8.27. The Labute approximate surface area is 90.8 Å². The predicted octanol–water partition coefficient (Wildman–Crippen LogP) is 1.47. The van der Waals surface area contributed by atoms with Crippen LogP contribution in [0.25, 0.3) is 0 Å². The van der Waals surface area contributed by atoms with Crippen LogP contribution in [-0.4, -0.2) is 13.7 Å². The Morgan fingerprint density at radius 1 is 1.29 bits per heavy atom. The summed E-state index contributed by atoms with van der Waals surface area (Å²) in [5, 5.41) is 0. The second-order valence-electron chi connectivity index (χ2n) is 2.96. The summed E-state index contributed by atoms with van der Waals surface area (Å²) >= 11 is 0. The van der Waals surface area contributed by atoms with Gasteiger partial charge in [-0.3, -0.25) is 0 Å². The van der Waals surface area contributed by atoms with Crippen LogP contribution in [0.15, 0.2) is 24.3 Å². The molecule has 3 nitrogen and oxygen atoms in total. The molecule has 0 saturated carbocycles. The lowest BCUT2D eigenvalue weighted by Gasteiger charge is -2.10. The highest BCUT2D eigenvalue weighted by Crippen LogP contribution is 2.17. The molecule has 4 N–H and O–H groups in total. The maximum absolute atomic E-state index is 5.88. The first-order valence-electron chi connectivity index (χ1n) is 4.37. The highest BCUT2D eigenvalue weighted by molar-refractivity contribution is 5.85. The Morgan fingerprint density at radius 2 is 1.86 bits per heavy atom. The fraction of sp³-hybridized carbons (Fsp3) is 0.400. The van der Waals surface area contributed by atoms with Gasteiger partial charge in [-0.25, -0.2) is 0 Å². The number of hydrogen-bond acceptors (Lipinski definition) is 3. The van der Waals surface area contributed by atoms with Gasteiger partial charge in [0.2, 0.25) is 0 Å². The van der Waals surface area contributed by atoms with E-state index in [0.717, 1.165) is 17.7 Å². The van der Waals surface area contributed by atoms with Crippen LogP contribution in [0, 0.1) is 0 Å². The summed E-state index contributed by atoms with van der Waals surface area (Å²) in [5.41, 5.74) is 12.4. The lowest BCUT2D eigenvalue weighted by atomic mass is 10.1. The van der Waals surface area contributed by atoms with Crippen molar-refractivity contribution in [2.75, 3.05) is 13.7 Å². The Kier molecular flexibility index (Phi) is 6.28. The Bertz CT molecular complexity index is 251. The molecule has 0 amide bonds. The van der Waals surface area contributed by atoms with Gasteiger partial charge in [-0.05, 0) is 30.7 Å². The molecule has 0 aliphatic rings. The SMILES string of the molecule is COc1ccc([C@@H](N)CCN)cc1.Cl. The zero-order valence-corrected chi connectivity index (χ0v) is 9.09. The van der Waals surface area contributed by atoms with E-state index in [2.05, 4.69) is 0 Å². The van der Waals surface area contributed by atoms with E-state index in [1.165, 1.54) is 0 Å². The Hall–Kier alpha value is -0.770. The van der Waals surface area contributed by atoms with Crippen LogP contribution in [0.5, 0.6) is 5.75 Å². The third kappa shape index (κ3) is 3.54. The number of benzene rings is 1. The van der Waals surface area contributed by atoms with Crippen LogP contribution >= 0.6 is 12.4 Å². The van der Waals surface area contributed by atoms with Gasteiger partial charge in [0.05, 0.1) is 7.11 Å². The first-order valence-corrected chi connectivity index (χ1v) is 4.37. The number of halogens is 1. The lowest BCUT2D eigenvalue weighted by molar-refractivity contribution is 0.414. The molecule has 0 fully saturated rings. The quantitative estimate of drug-likeness (QED) is 0.801. The van der Waals surface area contributed by atoms with Crippen molar-refractivity contribution in [3.8, 4) is 5.75 Å². The fourth-order valence-electron chi connectivity index (χ4n) is 1.20. The largest absolute Gasteiger partial charge is 0.497 e. The van der Waals surface area contributed by atoms with E-state index in [9.17, 15) is 0 Å². The van der Waals surface area contributed by atoms with Crippen molar-refractivity contribution >= 4 is 12.4 Å². The number of rotatable bonds is 4. The predicted molar refractivity (Wildman–Crippen MR) is 60.8 cm³/mol. The van der Waals surface area contributed by atoms with Crippen LogP contribution < -0.4 is 16.2 Å². The van der Waals surface area contributed by atoms with Crippen LogP contribution in [0.4, 0.5) is 0 Å². The van der Waals surface area contributed by atoms with E-state index in [1.54, 1.807) is 7.11 Å². The summed E-state index contributed by atoms with van der Waals surface area (Å²) < 4.78 is 5.04. The van der Waals surface area contributed by atoms with Crippen molar-refractivity contribution in [1.29, 1.82) is 0 Å². The molecule has 0 spiro atoms. The van der Waals surface area contributed by atoms with E-state index in [0.29, 0.717) is 6.54 Å². The van der Waals surface area contributed by atoms with Crippen molar-refractivity contribution in [1.82, 2.24) is 0 Å². The van der Waals surface area contributed by atoms with E-state index in [1.807, 2.05) is 24.3 Å². The third-order valence-electron chi connectivity index (χ3n) is 2.02. The van der Waals surface area contributed by atoms with Crippen LogP contribution in [0.3, 0.4) is 0 Å². The molecule has 0 bridgehead atoms. The monoisotopic (exact) mass is 216 g/mol. The smallest absolute Gasteiger partial charge is 0.118 e.